The summed E-state index contributed by atoms with van der Waals surface area (Å²) in [6, 6.07) is 3.01. The predicted octanol–water partition coefficient (Wildman–Crippen LogP) is 2.87. The molecule has 1 atom stereocenters. The summed E-state index contributed by atoms with van der Waals surface area (Å²) in [7, 11) is -3.82. The third kappa shape index (κ3) is 5.83. The van der Waals surface area contributed by atoms with Gasteiger partial charge in [-0.2, -0.15) is 0 Å². The van der Waals surface area contributed by atoms with E-state index >= 15 is 0 Å². The van der Waals surface area contributed by atoms with Gasteiger partial charge in [0.15, 0.2) is 14.6 Å². The molecule has 1 aromatic heterocycles. The second-order valence-corrected chi connectivity index (χ2v) is 10.4. The van der Waals surface area contributed by atoms with Crippen LogP contribution in [0.25, 0.3) is 0 Å². The van der Waals surface area contributed by atoms with E-state index in [1.165, 1.54) is 55.9 Å². The number of hydrogen-bond donors (Lipinski definition) is 1. The molecule has 8 heteroatoms. The van der Waals surface area contributed by atoms with Gasteiger partial charge in [0.2, 0.25) is 0 Å². The summed E-state index contributed by atoms with van der Waals surface area (Å²) >= 11 is 0. The van der Waals surface area contributed by atoms with Crippen LogP contribution in [0.1, 0.15) is 58.3 Å². The Labute approximate surface area is 166 Å². The molecule has 28 heavy (non-hydrogen) atoms. The zero-order valence-corrected chi connectivity index (χ0v) is 17.5. The molecule has 0 radical (unpaired) electrons. The van der Waals surface area contributed by atoms with Crippen molar-refractivity contribution in [3.63, 3.8) is 0 Å². The van der Waals surface area contributed by atoms with E-state index in [1.54, 1.807) is 6.07 Å². The van der Waals surface area contributed by atoms with Gasteiger partial charge in [0.05, 0.1) is 6.61 Å². The maximum absolute atomic E-state index is 12.2. The topological polar surface area (TPSA) is 103 Å². The lowest BCUT2D eigenvalue weighted by atomic mass is 9.86. The van der Waals surface area contributed by atoms with Crippen molar-refractivity contribution in [2.45, 2.75) is 69.6 Å². The number of pyridine rings is 1. The number of ether oxygens (including phenoxy) is 1. The molecular weight excluding hydrogens is 382 g/mol. The van der Waals surface area contributed by atoms with E-state index in [1.807, 2.05) is 0 Å². The number of sulfone groups is 1. The van der Waals surface area contributed by atoms with E-state index < -0.39 is 20.6 Å². The highest BCUT2D eigenvalue weighted by Crippen LogP contribution is 2.27. The van der Waals surface area contributed by atoms with Gasteiger partial charge in [0.1, 0.15) is 5.75 Å². The third-order valence-electron chi connectivity index (χ3n) is 5.82. The fourth-order valence-electron chi connectivity index (χ4n) is 3.59. The maximum Gasteiger partial charge on any atom is 0.324 e. The summed E-state index contributed by atoms with van der Waals surface area (Å²) in [4.78, 5) is 23.6. The van der Waals surface area contributed by atoms with E-state index in [2.05, 4.69) is 0 Å². The van der Waals surface area contributed by atoms with Crippen LogP contribution in [0.2, 0.25) is 0 Å². The highest BCUT2D eigenvalue weighted by Gasteiger charge is 2.43. The molecule has 1 aliphatic rings. The number of carboxylic acids is 1. The molecule has 1 N–H and O–H groups in total. The number of rotatable bonds is 10. The number of carbonyl (C=O) groups is 1. The van der Waals surface area contributed by atoms with Gasteiger partial charge in [-0.05, 0) is 38.2 Å². The van der Waals surface area contributed by atoms with Crippen LogP contribution in [-0.4, -0.2) is 41.7 Å². The summed E-state index contributed by atoms with van der Waals surface area (Å²) in [6.07, 6.45) is 10.9. The van der Waals surface area contributed by atoms with Gasteiger partial charge in [-0.3, -0.25) is 9.59 Å². The van der Waals surface area contributed by atoms with Gasteiger partial charge in [-0.15, -0.1) is 0 Å². The van der Waals surface area contributed by atoms with Gasteiger partial charge in [0, 0.05) is 25.1 Å². The van der Waals surface area contributed by atoms with Gasteiger partial charge in [-0.25, -0.2) is 8.42 Å². The third-order valence-corrected chi connectivity index (χ3v) is 7.83. The normalized spacial score (nSPS) is 17.8. The fourth-order valence-corrected chi connectivity index (χ4v) is 4.37. The summed E-state index contributed by atoms with van der Waals surface area (Å²) in [5.74, 6) is -0.140. The molecule has 1 fully saturated rings. The van der Waals surface area contributed by atoms with Crippen molar-refractivity contribution >= 4 is 15.8 Å². The molecule has 2 rings (SSSR count). The Balaban J connectivity index is 1.87. The van der Waals surface area contributed by atoms with Crippen LogP contribution in [-0.2, 0) is 21.2 Å². The Kier molecular flexibility index (Phi) is 7.69. The quantitative estimate of drug-likeness (QED) is 0.592. The monoisotopic (exact) mass is 413 g/mol. The number of aliphatic carboxylic acids is 1. The van der Waals surface area contributed by atoms with Crippen molar-refractivity contribution in [1.29, 1.82) is 0 Å². The lowest BCUT2D eigenvalue weighted by molar-refractivity contribution is -0.139. The van der Waals surface area contributed by atoms with Crippen molar-refractivity contribution in [2.24, 2.45) is 5.92 Å². The first-order valence-electron chi connectivity index (χ1n) is 9.90. The zero-order chi connectivity index (χ0) is 20.8. The molecule has 1 heterocycles. The second kappa shape index (κ2) is 9.58. The smallest absolute Gasteiger partial charge is 0.324 e. The molecule has 0 spiro atoms. The highest BCUT2D eigenvalue weighted by molar-refractivity contribution is 7.92. The molecule has 0 saturated heterocycles. The van der Waals surface area contributed by atoms with Crippen LogP contribution in [0.4, 0.5) is 0 Å². The number of aromatic nitrogens is 1. The van der Waals surface area contributed by atoms with E-state index in [0.29, 0.717) is 12.4 Å². The molecular formula is C20H31NO6S. The Morgan fingerprint density at radius 3 is 2.57 bits per heavy atom. The molecule has 1 aliphatic carbocycles. The molecule has 1 aromatic rings. The highest BCUT2D eigenvalue weighted by atomic mass is 32.2. The summed E-state index contributed by atoms with van der Waals surface area (Å²) in [6.45, 7) is 1.72. The van der Waals surface area contributed by atoms with Crippen LogP contribution in [0, 0.1) is 5.92 Å². The first-order valence-corrected chi connectivity index (χ1v) is 11.8. The molecule has 158 valence electrons. The number of hydrogen-bond acceptors (Lipinski definition) is 5. The summed E-state index contributed by atoms with van der Waals surface area (Å²) in [5, 5.41) is 9.29. The van der Waals surface area contributed by atoms with Crippen molar-refractivity contribution in [3.8, 4) is 5.75 Å². The Bertz CT molecular complexity index is 825. The average molecular weight is 414 g/mol. The van der Waals surface area contributed by atoms with Crippen LogP contribution in [0.15, 0.2) is 23.1 Å². The molecule has 0 aliphatic heterocycles. The summed E-state index contributed by atoms with van der Waals surface area (Å²) in [5.41, 5.74) is -0.342. The first-order chi connectivity index (χ1) is 13.1. The Hall–Kier alpha value is -1.83. The number of nitrogens with zero attached hydrogens (tertiary/aromatic N) is 1. The molecule has 0 bridgehead atoms. The minimum absolute atomic E-state index is 0.00331. The number of carboxylic acid groups (broad SMARTS) is 1. The fraction of sp³-hybridized carbons (Fsp3) is 0.700. The number of aryl methyl sites for hydroxylation is 1. The van der Waals surface area contributed by atoms with Crippen molar-refractivity contribution < 1.29 is 23.1 Å². The van der Waals surface area contributed by atoms with Gasteiger partial charge < -0.3 is 14.4 Å². The van der Waals surface area contributed by atoms with E-state index in [0.717, 1.165) is 25.0 Å². The molecule has 1 saturated carbocycles. The van der Waals surface area contributed by atoms with Gasteiger partial charge in [0.25, 0.3) is 5.56 Å². The lowest BCUT2D eigenvalue weighted by Gasteiger charge is -2.23. The Morgan fingerprint density at radius 1 is 1.32 bits per heavy atom. The van der Waals surface area contributed by atoms with E-state index in [4.69, 9.17) is 4.74 Å². The van der Waals surface area contributed by atoms with Crippen molar-refractivity contribution in [1.82, 2.24) is 4.57 Å². The SMILES string of the molecule is CC(CCn1ccc(OCCCC2CCCCC2)cc1=O)(C(=O)O)S(C)(=O)=O. The first kappa shape index (κ1) is 22.5. The average Bonchev–Trinajstić information content (AvgIpc) is 2.64. The van der Waals surface area contributed by atoms with Crippen LogP contribution >= 0.6 is 0 Å². The largest absolute Gasteiger partial charge is 0.493 e. The van der Waals surface area contributed by atoms with Gasteiger partial charge in [-0.1, -0.05) is 32.1 Å². The minimum Gasteiger partial charge on any atom is -0.493 e. The Morgan fingerprint density at radius 2 is 2.00 bits per heavy atom. The van der Waals surface area contributed by atoms with Crippen molar-refractivity contribution in [3.05, 3.63) is 28.7 Å². The van der Waals surface area contributed by atoms with Crippen molar-refractivity contribution in [2.75, 3.05) is 12.9 Å². The zero-order valence-electron chi connectivity index (χ0n) is 16.7. The lowest BCUT2D eigenvalue weighted by Crippen LogP contribution is -2.44. The maximum atomic E-state index is 12.2. The van der Waals surface area contributed by atoms with E-state index in [9.17, 15) is 23.1 Å². The predicted molar refractivity (Wildman–Crippen MR) is 108 cm³/mol. The van der Waals surface area contributed by atoms with Crippen LogP contribution in [0.5, 0.6) is 5.75 Å². The van der Waals surface area contributed by atoms with Crippen LogP contribution < -0.4 is 10.3 Å². The van der Waals surface area contributed by atoms with Gasteiger partial charge >= 0.3 is 5.97 Å². The van der Waals surface area contributed by atoms with E-state index in [-0.39, 0.29) is 18.5 Å². The minimum atomic E-state index is -3.82. The van der Waals surface area contributed by atoms with Crippen LogP contribution in [0.3, 0.4) is 0 Å². The standard InChI is InChI=1S/C20H31NO6S/c1-20(19(23)24,28(2,25)26)11-13-21-12-10-17(15-18(21)22)27-14-6-9-16-7-4-3-5-8-16/h10,12,15-16H,3-9,11,13-14H2,1-2H3,(H,23,24). The molecule has 7 nitrogen and oxygen atoms in total. The second-order valence-electron chi connectivity index (χ2n) is 7.95. The molecule has 0 amide bonds. The summed E-state index contributed by atoms with van der Waals surface area (Å²) < 4.78 is 28.7. The molecule has 1 unspecified atom stereocenters. The molecule has 0 aromatic carbocycles.